The molecule has 0 bridgehead atoms. The zero-order chi connectivity index (χ0) is 16.2. The minimum atomic E-state index is -0.195. The smallest absolute Gasteiger partial charge is 0.275 e. The van der Waals surface area contributed by atoms with Crippen molar-refractivity contribution in [3.05, 3.63) is 44.9 Å². The predicted octanol–water partition coefficient (Wildman–Crippen LogP) is 3.19. The Hall–Kier alpha value is -1.47. The summed E-state index contributed by atoms with van der Waals surface area (Å²) >= 11 is 7.44. The average Bonchev–Trinajstić information content (AvgIpc) is 3.00. The highest BCUT2D eigenvalue weighted by Crippen LogP contribution is 2.21. The van der Waals surface area contributed by atoms with E-state index in [1.54, 1.807) is 17.5 Å². The number of benzene rings is 1. The third-order valence-electron chi connectivity index (χ3n) is 3.68. The van der Waals surface area contributed by atoms with Crippen LogP contribution in [0.1, 0.15) is 21.1 Å². The number of ether oxygens (including phenoxy) is 1. The van der Waals surface area contributed by atoms with E-state index in [1.165, 1.54) is 11.3 Å². The fourth-order valence-electron chi connectivity index (χ4n) is 2.39. The molecule has 0 radical (unpaired) electrons. The summed E-state index contributed by atoms with van der Waals surface area (Å²) < 4.78 is 5.33. The first-order valence-corrected chi connectivity index (χ1v) is 8.69. The number of aromatic nitrogens is 1. The number of rotatable bonds is 4. The van der Waals surface area contributed by atoms with Gasteiger partial charge in [-0.25, -0.2) is 4.98 Å². The molecule has 2 aromatic rings. The summed E-state index contributed by atoms with van der Waals surface area (Å²) in [5, 5.41) is 6.29. The van der Waals surface area contributed by atoms with E-state index >= 15 is 0 Å². The summed E-state index contributed by atoms with van der Waals surface area (Å²) in [6.45, 7) is 6.01. The number of amides is 1. The number of morpholine rings is 1. The maximum Gasteiger partial charge on any atom is 0.275 e. The molecule has 0 atom stereocenters. The molecule has 1 aromatic carbocycles. The molecule has 1 fully saturated rings. The van der Waals surface area contributed by atoms with Crippen molar-refractivity contribution in [3.8, 4) is 0 Å². The molecule has 1 amide bonds. The van der Waals surface area contributed by atoms with Crippen LogP contribution in [0, 0.1) is 6.92 Å². The Labute approximate surface area is 144 Å². The second kappa shape index (κ2) is 7.40. The van der Waals surface area contributed by atoms with Gasteiger partial charge in [0.25, 0.3) is 5.91 Å². The zero-order valence-electron chi connectivity index (χ0n) is 12.8. The van der Waals surface area contributed by atoms with Crippen LogP contribution in [0.2, 0.25) is 5.02 Å². The van der Waals surface area contributed by atoms with E-state index in [2.05, 4.69) is 15.2 Å². The Morgan fingerprint density at radius 1 is 1.43 bits per heavy atom. The fourth-order valence-corrected chi connectivity index (χ4v) is 3.43. The predicted molar refractivity (Wildman–Crippen MR) is 92.4 cm³/mol. The van der Waals surface area contributed by atoms with Crippen molar-refractivity contribution in [2.45, 2.75) is 13.5 Å². The Bertz CT molecular complexity index is 698. The van der Waals surface area contributed by atoms with Gasteiger partial charge >= 0.3 is 0 Å². The number of thiazole rings is 1. The van der Waals surface area contributed by atoms with Crippen molar-refractivity contribution >= 4 is 34.5 Å². The van der Waals surface area contributed by atoms with Crippen LogP contribution in [0.5, 0.6) is 0 Å². The lowest BCUT2D eigenvalue weighted by Gasteiger charge is -2.25. The molecule has 1 aliphatic heterocycles. The Morgan fingerprint density at radius 2 is 2.22 bits per heavy atom. The number of nitrogens with zero attached hydrogens (tertiary/aromatic N) is 2. The normalized spacial score (nSPS) is 15.6. The largest absolute Gasteiger partial charge is 0.379 e. The quantitative estimate of drug-likeness (QED) is 0.919. The van der Waals surface area contributed by atoms with Gasteiger partial charge in [-0.1, -0.05) is 11.6 Å². The SMILES string of the molecule is Cc1cc(Cl)ccc1NC(=O)c1csc(CN2CCOCC2)n1. The van der Waals surface area contributed by atoms with E-state index in [9.17, 15) is 4.79 Å². The summed E-state index contributed by atoms with van der Waals surface area (Å²) in [6, 6.07) is 5.38. The van der Waals surface area contributed by atoms with Crippen molar-refractivity contribution in [3.63, 3.8) is 0 Å². The first-order valence-electron chi connectivity index (χ1n) is 7.44. The number of anilines is 1. The molecule has 1 N–H and O–H groups in total. The van der Waals surface area contributed by atoms with E-state index in [4.69, 9.17) is 16.3 Å². The van der Waals surface area contributed by atoms with Gasteiger partial charge in [-0.05, 0) is 30.7 Å². The Morgan fingerprint density at radius 3 is 2.96 bits per heavy atom. The van der Waals surface area contributed by atoms with Crippen LogP contribution in [0.3, 0.4) is 0 Å². The lowest BCUT2D eigenvalue weighted by atomic mass is 10.2. The first kappa shape index (κ1) is 16.4. The van der Waals surface area contributed by atoms with Gasteiger partial charge in [-0.15, -0.1) is 11.3 Å². The molecular weight excluding hydrogens is 334 g/mol. The number of halogens is 1. The van der Waals surface area contributed by atoms with Gasteiger partial charge < -0.3 is 10.1 Å². The molecule has 3 rings (SSSR count). The molecule has 0 aliphatic carbocycles. The van der Waals surface area contributed by atoms with Crippen molar-refractivity contribution in [1.29, 1.82) is 0 Å². The minimum Gasteiger partial charge on any atom is -0.379 e. The van der Waals surface area contributed by atoms with Crippen molar-refractivity contribution < 1.29 is 9.53 Å². The van der Waals surface area contributed by atoms with E-state index in [0.717, 1.165) is 49.1 Å². The number of carbonyl (C=O) groups is 1. The molecule has 122 valence electrons. The molecule has 23 heavy (non-hydrogen) atoms. The number of hydrogen-bond donors (Lipinski definition) is 1. The monoisotopic (exact) mass is 351 g/mol. The number of nitrogens with one attached hydrogen (secondary N) is 1. The van der Waals surface area contributed by atoms with Gasteiger partial charge in [-0.2, -0.15) is 0 Å². The second-order valence-corrected chi connectivity index (χ2v) is 6.81. The highest BCUT2D eigenvalue weighted by Gasteiger charge is 2.16. The summed E-state index contributed by atoms with van der Waals surface area (Å²) in [6.07, 6.45) is 0. The molecule has 7 heteroatoms. The fraction of sp³-hybridized carbons (Fsp3) is 0.375. The molecule has 0 saturated carbocycles. The number of aryl methyl sites for hydroxylation is 1. The highest BCUT2D eigenvalue weighted by atomic mass is 35.5. The molecule has 5 nitrogen and oxygen atoms in total. The summed E-state index contributed by atoms with van der Waals surface area (Å²) in [5.41, 5.74) is 2.13. The van der Waals surface area contributed by atoms with Gasteiger partial charge in [0.15, 0.2) is 0 Å². The van der Waals surface area contributed by atoms with E-state index < -0.39 is 0 Å². The van der Waals surface area contributed by atoms with Crippen LogP contribution in [0.25, 0.3) is 0 Å². The molecule has 1 aliphatic rings. The lowest BCUT2D eigenvalue weighted by molar-refractivity contribution is 0.0341. The van der Waals surface area contributed by atoms with Crippen LogP contribution in [0.4, 0.5) is 5.69 Å². The summed E-state index contributed by atoms with van der Waals surface area (Å²) in [4.78, 5) is 19.1. The van der Waals surface area contributed by atoms with Crippen LogP contribution in [-0.2, 0) is 11.3 Å². The maximum absolute atomic E-state index is 12.3. The zero-order valence-corrected chi connectivity index (χ0v) is 14.4. The molecular formula is C16H18ClN3O2S. The van der Waals surface area contributed by atoms with Crippen molar-refractivity contribution in [2.24, 2.45) is 0 Å². The number of carbonyl (C=O) groups excluding carboxylic acids is 1. The molecule has 0 unspecified atom stereocenters. The van der Waals surface area contributed by atoms with Gasteiger partial charge in [-0.3, -0.25) is 9.69 Å². The molecule has 1 aromatic heterocycles. The topological polar surface area (TPSA) is 54.5 Å². The summed E-state index contributed by atoms with van der Waals surface area (Å²) in [7, 11) is 0. The van der Waals surface area contributed by atoms with Crippen LogP contribution >= 0.6 is 22.9 Å². The van der Waals surface area contributed by atoms with Crippen molar-refractivity contribution in [2.75, 3.05) is 31.6 Å². The lowest BCUT2D eigenvalue weighted by Crippen LogP contribution is -2.35. The van der Waals surface area contributed by atoms with Crippen LogP contribution in [-0.4, -0.2) is 42.1 Å². The standard InChI is InChI=1S/C16H18ClN3O2S/c1-11-8-12(17)2-3-13(11)19-16(21)14-10-23-15(18-14)9-20-4-6-22-7-5-20/h2-3,8,10H,4-7,9H2,1H3,(H,19,21). The number of hydrogen-bond acceptors (Lipinski definition) is 5. The van der Waals surface area contributed by atoms with Gasteiger partial charge in [0.05, 0.1) is 19.8 Å². The van der Waals surface area contributed by atoms with E-state index in [-0.39, 0.29) is 5.91 Å². The van der Waals surface area contributed by atoms with E-state index in [1.807, 2.05) is 13.0 Å². The van der Waals surface area contributed by atoms with Crippen LogP contribution < -0.4 is 5.32 Å². The van der Waals surface area contributed by atoms with Gasteiger partial charge in [0, 0.05) is 29.2 Å². The van der Waals surface area contributed by atoms with Gasteiger partial charge in [0.2, 0.25) is 0 Å². The Kier molecular flexibility index (Phi) is 5.27. The second-order valence-electron chi connectivity index (χ2n) is 5.43. The maximum atomic E-state index is 12.3. The van der Waals surface area contributed by atoms with E-state index in [0.29, 0.717) is 10.7 Å². The third kappa shape index (κ3) is 4.29. The third-order valence-corrected chi connectivity index (χ3v) is 4.75. The highest BCUT2D eigenvalue weighted by molar-refractivity contribution is 7.09. The molecule has 1 saturated heterocycles. The minimum absolute atomic E-state index is 0.195. The van der Waals surface area contributed by atoms with Crippen molar-refractivity contribution in [1.82, 2.24) is 9.88 Å². The van der Waals surface area contributed by atoms with Gasteiger partial charge in [0.1, 0.15) is 10.7 Å². The summed E-state index contributed by atoms with van der Waals surface area (Å²) in [5.74, 6) is -0.195. The first-order chi connectivity index (χ1) is 11.1. The Balaban J connectivity index is 1.63. The molecule has 0 spiro atoms. The van der Waals surface area contributed by atoms with Crippen LogP contribution in [0.15, 0.2) is 23.6 Å². The molecule has 2 heterocycles. The average molecular weight is 352 g/mol.